The van der Waals surface area contributed by atoms with Gasteiger partial charge in [0.05, 0.1) is 0 Å². The number of primary amides is 1. The second kappa shape index (κ2) is 6.03. The molecule has 94 valence electrons. The summed E-state index contributed by atoms with van der Waals surface area (Å²) in [7, 11) is 0. The number of carbonyl (C=O) groups excluding carboxylic acids is 1. The van der Waals surface area contributed by atoms with E-state index in [1.54, 1.807) is 12.1 Å². The molecular weight excluding hydrogens is 236 g/mol. The molecule has 0 radical (unpaired) electrons. The van der Waals surface area contributed by atoms with Crippen LogP contribution in [-0.4, -0.2) is 11.9 Å². The number of carbonyl (C=O) groups is 1. The summed E-state index contributed by atoms with van der Waals surface area (Å²) < 4.78 is 0. The molecule has 1 unspecified atom stereocenters. The van der Waals surface area contributed by atoms with Crippen LogP contribution < -0.4 is 11.1 Å². The third kappa shape index (κ3) is 4.02. The summed E-state index contributed by atoms with van der Waals surface area (Å²) in [5, 5.41) is 3.96. The Labute approximate surface area is 107 Å². The van der Waals surface area contributed by atoms with E-state index in [1.165, 1.54) is 0 Å². The Balaban J connectivity index is 2.70. The van der Waals surface area contributed by atoms with Gasteiger partial charge >= 0.3 is 0 Å². The van der Waals surface area contributed by atoms with Crippen LogP contribution >= 0.6 is 11.6 Å². The predicted molar refractivity (Wildman–Crippen MR) is 71.1 cm³/mol. The largest absolute Gasteiger partial charge is 0.366 e. The Morgan fingerprint density at radius 3 is 2.53 bits per heavy atom. The maximum Gasteiger partial charge on any atom is 0.248 e. The topological polar surface area (TPSA) is 55.1 Å². The van der Waals surface area contributed by atoms with Crippen molar-refractivity contribution in [3.8, 4) is 0 Å². The number of nitrogens with two attached hydrogens (primary N) is 1. The van der Waals surface area contributed by atoms with E-state index in [-0.39, 0.29) is 0 Å². The lowest BCUT2D eigenvalue weighted by Crippen LogP contribution is -2.30. The van der Waals surface area contributed by atoms with Crippen molar-refractivity contribution in [3.05, 3.63) is 34.3 Å². The third-order valence-corrected chi connectivity index (χ3v) is 3.30. The summed E-state index contributed by atoms with van der Waals surface area (Å²) in [6.07, 6.45) is 0. The van der Waals surface area contributed by atoms with Crippen molar-refractivity contribution in [1.82, 2.24) is 5.32 Å². The van der Waals surface area contributed by atoms with Gasteiger partial charge in [0, 0.05) is 23.2 Å². The summed E-state index contributed by atoms with van der Waals surface area (Å²) >= 11 is 6.09. The normalized spacial score (nSPS) is 12.8. The first kappa shape index (κ1) is 14.0. The second-order valence-corrected chi connectivity index (χ2v) is 4.99. The monoisotopic (exact) mass is 254 g/mol. The molecule has 1 amide bonds. The van der Waals surface area contributed by atoms with Crippen LogP contribution in [0.3, 0.4) is 0 Å². The molecule has 0 heterocycles. The smallest absolute Gasteiger partial charge is 0.248 e. The Hall–Kier alpha value is -1.06. The number of rotatable bonds is 5. The van der Waals surface area contributed by atoms with E-state index < -0.39 is 5.91 Å². The van der Waals surface area contributed by atoms with Gasteiger partial charge < -0.3 is 11.1 Å². The average Bonchev–Trinajstić information content (AvgIpc) is 2.26. The van der Waals surface area contributed by atoms with Gasteiger partial charge in [-0.2, -0.15) is 0 Å². The lowest BCUT2D eigenvalue weighted by atomic mass is 10.1. The number of amides is 1. The average molecular weight is 255 g/mol. The van der Waals surface area contributed by atoms with Gasteiger partial charge in [-0.05, 0) is 30.5 Å². The predicted octanol–water partition coefficient (Wildman–Crippen LogP) is 2.57. The van der Waals surface area contributed by atoms with Gasteiger partial charge in [-0.3, -0.25) is 4.79 Å². The molecular formula is C13H19ClN2O. The molecule has 0 aliphatic carbocycles. The molecule has 0 aliphatic rings. The minimum Gasteiger partial charge on any atom is -0.366 e. The first-order valence-corrected chi connectivity index (χ1v) is 6.11. The highest BCUT2D eigenvalue weighted by atomic mass is 35.5. The zero-order valence-electron chi connectivity index (χ0n) is 10.5. The maximum absolute atomic E-state index is 11.0. The maximum atomic E-state index is 11.0. The fourth-order valence-electron chi connectivity index (χ4n) is 1.35. The van der Waals surface area contributed by atoms with Gasteiger partial charge in [0.25, 0.3) is 0 Å². The number of hydrogen-bond donors (Lipinski definition) is 2. The molecule has 0 bridgehead atoms. The van der Waals surface area contributed by atoms with Gasteiger partial charge in [0.2, 0.25) is 5.91 Å². The first-order chi connectivity index (χ1) is 7.91. The van der Waals surface area contributed by atoms with Crippen molar-refractivity contribution < 1.29 is 4.79 Å². The first-order valence-electron chi connectivity index (χ1n) is 5.73. The molecule has 1 aromatic rings. The van der Waals surface area contributed by atoms with Crippen LogP contribution in [0.5, 0.6) is 0 Å². The Kier molecular flexibility index (Phi) is 4.97. The quantitative estimate of drug-likeness (QED) is 0.849. The number of halogens is 1. The van der Waals surface area contributed by atoms with Gasteiger partial charge in [0.1, 0.15) is 0 Å². The fraction of sp³-hybridized carbons (Fsp3) is 0.462. The SMILES string of the molecule is CC(C)C(C)NCc1ccc(C(N)=O)cc1Cl. The van der Waals surface area contributed by atoms with Crippen LogP contribution in [-0.2, 0) is 6.54 Å². The van der Waals surface area contributed by atoms with Crippen molar-refractivity contribution >= 4 is 17.5 Å². The lowest BCUT2D eigenvalue weighted by molar-refractivity contribution is 0.100. The van der Waals surface area contributed by atoms with Crippen LogP contribution in [0.1, 0.15) is 36.7 Å². The lowest BCUT2D eigenvalue weighted by Gasteiger charge is -2.18. The van der Waals surface area contributed by atoms with Crippen molar-refractivity contribution in [2.75, 3.05) is 0 Å². The highest BCUT2D eigenvalue weighted by molar-refractivity contribution is 6.31. The van der Waals surface area contributed by atoms with Gasteiger partial charge in [-0.25, -0.2) is 0 Å². The molecule has 0 aromatic heterocycles. The van der Waals surface area contributed by atoms with Gasteiger partial charge in [-0.15, -0.1) is 0 Å². The molecule has 1 rings (SSSR count). The van der Waals surface area contributed by atoms with Crippen LogP contribution in [0.15, 0.2) is 18.2 Å². The van der Waals surface area contributed by atoms with Gasteiger partial charge in [-0.1, -0.05) is 31.5 Å². The van der Waals surface area contributed by atoms with E-state index >= 15 is 0 Å². The zero-order valence-corrected chi connectivity index (χ0v) is 11.2. The minimum atomic E-state index is -0.457. The zero-order chi connectivity index (χ0) is 13.0. The van der Waals surface area contributed by atoms with E-state index in [4.69, 9.17) is 17.3 Å². The second-order valence-electron chi connectivity index (χ2n) is 4.58. The van der Waals surface area contributed by atoms with Gasteiger partial charge in [0.15, 0.2) is 0 Å². The molecule has 3 nitrogen and oxygen atoms in total. The summed E-state index contributed by atoms with van der Waals surface area (Å²) in [5.41, 5.74) is 6.60. The molecule has 0 aliphatic heterocycles. The molecule has 1 aromatic carbocycles. The number of nitrogens with one attached hydrogen (secondary N) is 1. The van der Waals surface area contributed by atoms with Crippen LogP contribution in [0.2, 0.25) is 5.02 Å². The molecule has 17 heavy (non-hydrogen) atoms. The van der Waals surface area contributed by atoms with E-state index in [0.29, 0.717) is 29.1 Å². The van der Waals surface area contributed by atoms with Crippen molar-refractivity contribution in [3.63, 3.8) is 0 Å². The summed E-state index contributed by atoms with van der Waals surface area (Å²) in [4.78, 5) is 11.0. The molecule has 3 N–H and O–H groups in total. The van der Waals surface area contributed by atoms with E-state index in [0.717, 1.165) is 5.56 Å². The van der Waals surface area contributed by atoms with Crippen LogP contribution in [0.4, 0.5) is 0 Å². The Bertz CT molecular complexity index is 404. The molecule has 0 spiro atoms. The molecule has 0 saturated heterocycles. The fourth-order valence-corrected chi connectivity index (χ4v) is 1.60. The highest BCUT2D eigenvalue weighted by Crippen LogP contribution is 2.18. The molecule has 0 fully saturated rings. The summed E-state index contributed by atoms with van der Waals surface area (Å²) in [6, 6.07) is 5.57. The highest BCUT2D eigenvalue weighted by Gasteiger charge is 2.09. The van der Waals surface area contributed by atoms with Crippen LogP contribution in [0, 0.1) is 5.92 Å². The summed E-state index contributed by atoms with van der Waals surface area (Å²) in [6.45, 7) is 7.15. The Morgan fingerprint density at radius 2 is 2.06 bits per heavy atom. The standard InChI is InChI=1S/C13H19ClN2O/c1-8(2)9(3)16-7-11-5-4-10(13(15)17)6-12(11)14/h4-6,8-9,16H,7H2,1-3H3,(H2,15,17). The summed E-state index contributed by atoms with van der Waals surface area (Å²) in [5.74, 6) is 0.112. The van der Waals surface area contributed by atoms with Crippen molar-refractivity contribution in [1.29, 1.82) is 0 Å². The Morgan fingerprint density at radius 1 is 1.41 bits per heavy atom. The minimum absolute atomic E-state index is 0.418. The van der Waals surface area contributed by atoms with Crippen molar-refractivity contribution in [2.24, 2.45) is 11.7 Å². The van der Waals surface area contributed by atoms with E-state index in [1.807, 2.05) is 6.07 Å². The van der Waals surface area contributed by atoms with E-state index in [2.05, 4.69) is 26.1 Å². The molecule has 0 saturated carbocycles. The van der Waals surface area contributed by atoms with E-state index in [9.17, 15) is 4.79 Å². The molecule has 4 heteroatoms. The number of hydrogen-bond acceptors (Lipinski definition) is 2. The van der Waals surface area contributed by atoms with Crippen molar-refractivity contribution in [2.45, 2.75) is 33.4 Å². The molecule has 1 atom stereocenters. The van der Waals surface area contributed by atoms with Crippen LogP contribution in [0.25, 0.3) is 0 Å². The number of benzene rings is 1. The third-order valence-electron chi connectivity index (χ3n) is 2.95.